The number of likely N-dealkylation sites (N-methyl/N-ethyl adjacent to an activating group) is 1. The molecule has 1 amide bonds. The van der Waals surface area contributed by atoms with Crippen LogP contribution in [0, 0.1) is 19.8 Å². The summed E-state index contributed by atoms with van der Waals surface area (Å²) >= 11 is 0. The molecule has 1 aromatic heterocycles. The molecule has 0 radical (unpaired) electrons. The number of nitrogens with one attached hydrogen (secondary N) is 1. The van der Waals surface area contributed by atoms with Crippen LogP contribution in [0.3, 0.4) is 0 Å². The Morgan fingerprint density at radius 2 is 2.10 bits per heavy atom. The van der Waals surface area contributed by atoms with Crippen LogP contribution in [0.5, 0.6) is 0 Å². The summed E-state index contributed by atoms with van der Waals surface area (Å²) < 4.78 is 0. The van der Waals surface area contributed by atoms with Crippen LogP contribution in [0.25, 0.3) is 0 Å². The van der Waals surface area contributed by atoms with Crippen molar-refractivity contribution in [2.24, 2.45) is 11.7 Å². The Labute approximate surface area is 121 Å². The highest BCUT2D eigenvalue weighted by Gasteiger charge is 2.14. The number of anilines is 1. The van der Waals surface area contributed by atoms with Gasteiger partial charge in [-0.25, -0.2) is 4.98 Å². The zero-order valence-electron chi connectivity index (χ0n) is 13.2. The molecular formula is C15H26N4O. The third-order valence-electron chi connectivity index (χ3n) is 3.11. The lowest BCUT2D eigenvalue weighted by molar-refractivity contribution is -0.119. The third kappa shape index (κ3) is 4.49. The van der Waals surface area contributed by atoms with E-state index in [4.69, 9.17) is 5.73 Å². The highest BCUT2D eigenvalue weighted by atomic mass is 16.2. The number of nitrogens with two attached hydrogens (primary N) is 1. The molecule has 0 spiro atoms. The molecule has 1 heterocycles. The van der Waals surface area contributed by atoms with Crippen molar-refractivity contribution in [3.05, 3.63) is 22.9 Å². The fourth-order valence-corrected chi connectivity index (χ4v) is 2.08. The number of nitrogens with zero attached hydrogens (tertiary/aromatic N) is 2. The third-order valence-corrected chi connectivity index (χ3v) is 3.11. The minimum absolute atomic E-state index is 0.00475. The van der Waals surface area contributed by atoms with E-state index in [9.17, 15) is 4.79 Å². The van der Waals surface area contributed by atoms with Crippen LogP contribution in [0.4, 0.5) is 5.82 Å². The van der Waals surface area contributed by atoms with Crippen molar-refractivity contribution >= 4 is 11.7 Å². The molecular weight excluding hydrogens is 252 g/mol. The predicted octanol–water partition coefficient (Wildman–Crippen LogP) is 1.37. The summed E-state index contributed by atoms with van der Waals surface area (Å²) in [7, 11) is 1.87. The maximum atomic E-state index is 11.9. The number of hydrogen-bond acceptors (Lipinski definition) is 4. The van der Waals surface area contributed by atoms with Crippen molar-refractivity contribution < 1.29 is 4.79 Å². The first kappa shape index (κ1) is 16.4. The van der Waals surface area contributed by atoms with Crippen LogP contribution < -0.4 is 16.0 Å². The summed E-state index contributed by atoms with van der Waals surface area (Å²) in [6, 6.07) is 2.01. The van der Waals surface area contributed by atoms with Crippen molar-refractivity contribution in [3.8, 4) is 0 Å². The molecule has 0 bridgehead atoms. The Hall–Kier alpha value is -1.62. The van der Waals surface area contributed by atoms with Gasteiger partial charge in [0.1, 0.15) is 5.82 Å². The van der Waals surface area contributed by atoms with Crippen LogP contribution in [-0.2, 0) is 11.3 Å². The molecule has 0 saturated heterocycles. The number of rotatable bonds is 6. The van der Waals surface area contributed by atoms with Gasteiger partial charge in [-0.15, -0.1) is 0 Å². The number of pyridine rings is 1. The standard InChI is InChI=1S/C15H26N4O/c1-10(2)8-17-14(20)9-19(5)15-13(7-16)11(3)6-12(4)18-15/h6,10H,7-9,16H2,1-5H3,(H,17,20). The first-order valence-electron chi connectivity index (χ1n) is 7.00. The fourth-order valence-electron chi connectivity index (χ4n) is 2.08. The van der Waals surface area contributed by atoms with Gasteiger partial charge in [0.05, 0.1) is 6.54 Å². The van der Waals surface area contributed by atoms with E-state index in [0.717, 1.165) is 22.6 Å². The lowest BCUT2D eigenvalue weighted by atomic mass is 10.1. The van der Waals surface area contributed by atoms with Crippen molar-refractivity contribution in [2.45, 2.75) is 34.2 Å². The molecule has 0 aliphatic carbocycles. The van der Waals surface area contributed by atoms with Crippen LogP contribution in [0.2, 0.25) is 0 Å². The first-order valence-corrected chi connectivity index (χ1v) is 7.00. The Morgan fingerprint density at radius 1 is 1.45 bits per heavy atom. The molecule has 3 N–H and O–H groups in total. The maximum Gasteiger partial charge on any atom is 0.239 e. The lowest BCUT2D eigenvalue weighted by Gasteiger charge is -2.22. The van der Waals surface area contributed by atoms with E-state index < -0.39 is 0 Å². The number of aromatic nitrogens is 1. The Kier molecular flexibility index (Phi) is 5.95. The van der Waals surface area contributed by atoms with Gasteiger partial charge in [-0.05, 0) is 31.4 Å². The molecule has 0 atom stereocenters. The Bertz CT molecular complexity index is 471. The van der Waals surface area contributed by atoms with E-state index in [-0.39, 0.29) is 12.5 Å². The number of hydrogen-bond donors (Lipinski definition) is 2. The molecule has 112 valence electrons. The number of carbonyl (C=O) groups is 1. The highest BCUT2D eigenvalue weighted by molar-refractivity contribution is 5.81. The summed E-state index contributed by atoms with van der Waals surface area (Å²) in [4.78, 5) is 18.3. The van der Waals surface area contributed by atoms with Crippen LogP contribution in [-0.4, -0.2) is 31.0 Å². The summed E-state index contributed by atoms with van der Waals surface area (Å²) in [5.41, 5.74) is 8.85. The maximum absolute atomic E-state index is 11.9. The van der Waals surface area contributed by atoms with Gasteiger partial charge in [0, 0.05) is 31.4 Å². The first-order chi connectivity index (χ1) is 9.35. The predicted molar refractivity (Wildman–Crippen MR) is 82.7 cm³/mol. The van der Waals surface area contributed by atoms with E-state index in [1.807, 2.05) is 31.9 Å². The fraction of sp³-hybridized carbons (Fsp3) is 0.600. The quantitative estimate of drug-likeness (QED) is 0.824. The molecule has 1 rings (SSSR count). The minimum atomic E-state index is 0.00475. The normalized spacial score (nSPS) is 10.8. The summed E-state index contributed by atoms with van der Waals surface area (Å²) in [5.74, 6) is 1.25. The summed E-state index contributed by atoms with van der Waals surface area (Å²) in [5, 5.41) is 2.91. The van der Waals surface area contributed by atoms with E-state index in [0.29, 0.717) is 19.0 Å². The van der Waals surface area contributed by atoms with Crippen LogP contribution in [0.15, 0.2) is 6.07 Å². The summed E-state index contributed by atoms with van der Waals surface area (Å²) in [6.45, 7) is 9.51. The van der Waals surface area contributed by atoms with Gasteiger partial charge in [-0.2, -0.15) is 0 Å². The zero-order valence-corrected chi connectivity index (χ0v) is 13.2. The average molecular weight is 278 g/mol. The molecule has 5 heteroatoms. The molecule has 1 aromatic rings. The number of carbonyl (C=O) groups excluding carboxylic acids is 1. The number of amides is 1. The smallest absolute Gasteiger partial charge is 0.239 e. The van der Waals surface area contributed by atoms with Gasteiger partial charge in [0.25, 0.3) is 0 Å². The SMILES string of the molecule is Cc1cc(C)c(CN)c(N(C)CC(=O)NCC(C)C)n1. The van der Waals surface area contributed by atoms with E-state index in [1.54, 1.807) is 0 Å². The van der Waals surface area contributed by atoms with E-state index in [1.165, 1.54) is 0 Å². The molecule has 0 aromatic carbocycles. The van der Waals surface area contributed by atoms with Crippen molar-refractivity contribution in [3.63, 3.8) is 0 Å². The van der Waals surface area contributed by atoms with Gasteiger partial charge < -0.3 is 16.0 Å². The van der Waals surface area contributed by atoms with E-state index >= 15 is 0 Å². The van der Waals surface area contributed by atoms with Gasteiger partial charge >= 0.3 is 0 Å². The second kappa shape index (κ2) is 7.24. The number of aryl methyl sites for hydroxylation is 2. The zero-order chi connectivity index (χ0) is 15.3. The van der Waals surface area contributed by atoms with Gasteiger partial charge in [-0.1, -0.05) is 13.8 Å². The molecule has 0 unspecified atom stereocenters. The van der Waals surface area contributed by atoms with Crippen LogP contribution >= 0.6 is 0 Å². The monoisotopic (exact) mass is 278 g/mol. The lowest BCUT2D eigenvalue weighted by Crippen LogP contribution is -2.37. The molecule has 0 saturated carbocycles. The average Bonchev–Trinajstić information content (AvgIpc) is 2.35. The Balaban J connectivity index is 2.81. The molecule has 0 aliphatic heterocycles. The molecule has 5 nitrogen and oxygen atoms in total. The largest absolute Gasteiger partial charge is 0.354 e. The van der Waals surface area contributed by atoms with Crippen molar-refractivity contribution in [1.82, 2.24) is 10.3 Å². The van der Waals surface area contributed by atoms with E-state index in [2.05, 4.69) is 24.1 Å². The Morgan fingerprint density at radius 3 is 2.65 bits per heavy atom. The second-order valence-electron chi connectivity index (χ2n) is 5.64. The highest BCUT2D eigenvalue weighted by Crippen LogP contribution is 2.20. The van der Waals surface area contributed by atoms with Crippen molar-refractivity contribution in [1.29, 1.82) is 0 Å². The molecule has 0 fully saturated rings. The van der Waals surface area contributed by atoms with Crippen LogP contribution in [0.1, 0.15) is 30.7 Å². The topological polar surface area (TPSA) is 71.2 Å². The van der Waals surface area contributed by atoms with Gasteiger partial charge in [0.2, 0.25) is 5.91 Å². The minimum Gasteiger partial charge on any atom is -0.354 e. The van der Waals surface area contributed by atoms with Gasteiger partial charge in [-0.3, -0.25) is 4.79 Å². The van der Waals surface area contributed by atoms with Gasteiger partial charge in [0.15, 0.2) is 0 Å². The second-order valence-corrected chi connectivity index (χ2v) is 5.64. The molecule has 20 heavy (non-hydrogen) atoms. The molecule has 0 aliphatic rings. The summed E-state index contributed by atoms with van der Waals surface area (Å²) in [6.07, 6.45) is 0. The van der Waals surface area contributed by atoms with Crippen molar-refractivity contribution in [2.75, 3.05) is 25.0 Å².